The lowest BCUT2D eigenvalue weighted by atomic mass is 9.48. The predicted octanol–water partition coefficient (Wildman–Crippen LogP) is 4.23. The number of benzene rings is 1. The zero-order valence-electron chi connectivity index (χ0n) is 20.9. The topological polar surface area (TPSA) is 171 Å². The fourth-order valence-corrected chi connectivity index (χ4v) is 6.95. The van der Waals surface area contributed by atoms with Crippen LogP contribution in [0.2, 0.25) is 0 Å². The predicted molar refractivity (Wildman–Crippen MR) is 136 cm³/mol. The lowest BCUT2D eigenvalue weighted by Gasteiger charge is -2.56. The van der Waals surface area contributed by atoms with Crippen LogP contribution in [-0.2, 0) is 20.5 Å². The van der Waals surface area contributed by atoms with Crippen molar-refractivity contribution in [2.75, 3.05) is 12.3 Å². The summed E-state index contributed by atoms with van der Waals surface area (Å²) in [7, 11) is -9.34. The first-order valence-electron chi connectivity index (χ1n) is 11.9. The molecule has 2 fully saturated rings. The maximum absolute atomic E-state index is 11.7. The maximum Gasteiger partial charge on any atom is 0.446 e. The van der Waals surface area contributed by atoms with Gasteiger partial charge in [0, 0.05) is 11.8 Å². The van der Waals surface area contributed by atoms with Crippen LogP contribution in [0.5, 0.6) is 17.2 Å². The molecule has 4 N–H and O–H groups in total. The van der Waals surface area contributed by atoms with Gasteiger partial charge < -0.3 is 14.4 Å². The van der Waals surface area contributed by atoms with Gasteiger partial charge in [-0.05, 0) is 54.4 Å². The lowest BCUT2D eigenvalue weighted by molar-refractivity contribution is -0.00534. The summed E-state index contributed by atoms with van der Waals surface area (Å²) in [6.07, 6.45) is 7.76. The highest BCUT2D eigenvalue weighted by Crippen LogP contribution is 2.61. The fraction of sp³-hybridized carbons (Fsp3) is 0.625. The van der Waals surface area contributed by atoms with Gasteiger partial charge in [0.05, 0.1) is 17.9 Å². The van der Waals surface area contributed by atoms with E-state index in [1.54, 1.807) is 6.08 Å². The van der Waals surface area contributed by atoms with Crippen molar-refractivity contribution in [1.29, 1.82) is 0 Å². The van der Waals surface area contributed by atoms with Gasteiger partial charge in [-0.15, -0.1) is 0 Å². The Balaban J connectivity index is 2.19. The molecule has 0 spiro atoms. The molecule has 3 rings (SSSR count). The zero-order chi connectivity index (χ0) is 27.1. The van der Waals surface area contributed by atoms with E-state index in [1.807, 2.05) is 0 Å². The van der Waals surface area contributed by atoms with Crippen LogP contribution >= 0.6 is 0 Å². The summed E-state index contributed by atoms with van der Waals surface area (Å²) in [5, 5.41) is 20.9. The number of fused-ring (bicyclic) bond motifs is 1. The monoisotopic (exact) mass is 545 g/mol. The van der Waals surface area contributed by atoms with E-state index in [2.05, 4.69) is 32.7 Å². The van der Waals surface area contributed by atoms with Crippen LogP contribution in [0.4, 0.5) is 0 Å². The SMILES string of the molecule is C[C@H]1CCC2C(C)(C)CCC[C@]2(C)C1=Cc1cc(O)c(O)c(C=NCCS(=O)(=O)O)c1OS(=O)(=O)O. The average Bonchev–Trinajstić information content (AvgIpc) is 2.70. The van der Waals surface area contributed by atoms with Crippen molar-refractivity contribution in [2.24, 2.45) is 27.7 Å². The van der Waals surface area contributed by atoms with E-state index in [-0.39, 0.29) is 27.9 Å². The van der Waals surface area contributed by atoms with E-state index in [0.717, 1.165) is 50.0 Å². The molecule has 0 bridgehead atoms. The third-order valence-corrected chi connectivity index (χ3v) is 8.88. The maximum atomic E-state index is 11.7. The third-order valence-electron chi connectivity index (χ3n) is 7.80. The molecule has 2 saturated carbocycles. The second-order valence-electron chi connectivity index (χ2n) is 10.8. The largest absolute Gasteiger partial charge is 0.504 e. The van der Waals surface area contributed by atoms with E-state index >= 15 is 0 Å². The first-order valence-corrected chi connectivity index (χ1v) is 14.8. The Labute approximate surface area is 212 Å². The van der Waals surface area contributed by atoms with Crippen molar-refractivity contribution in [3.05, 3.63) is 22.8 Å². The number of aromatic hydroxyl groups is 2. The van der Waals surface area contributed by atoms with Crippen LogP contribution in [-0.4, -0.2) is 54.7 Å². The van der Waals surface area contributed by atoms with Crippen molar-refractivity contribution in [1.82, 2.24) is 0 Å². The third kappa shape index (κ3) is 6.21. The first-order chi connectivity index (χ1) is 16.4. The molecule has 0 radical (unpaired) electrons. The van der Waals surface area contributed by atoms with Gasteiger partial charge >= 0.3 is 10.4 Å². The number of rotatable bonds is 7. The summed E-state index contributed by atoms with van der Waals surface area (Å²) in [6, 6.07) is 1.16. The van der Waals surface area contributed by atoms with E-state index in [0.29, 0.717) is 5.92 Å². The molecule has 0 amide bonds. The average molecular weight is 546 g/mol. The summed E-state index contributed by atoms with van der Waals surface area (Å²) < 4.78 is 68.5. The summed E-state index contributed by atoms with van der Waals surface area (Å²) in [5.74, 6) is -1.95. The molecule has 0 saturated heterocycles. The molecule has 10 nitrogen and oxygen atoms in total. The number of phenolic OH excluding ortho intramolecular Hbond substituents is 2. The standard InChI is InChI=1S/C24H35NO9S2/c1-15-6-7-20-23(2,3)8-5-9-24(20,4)18(15)12-16-13-19(26)21(27)17(22(16)34-36(31,32)33)14-25-10-11-35(28,29)30/h12-15,20,26-27H,5-11H2,1-4H3,(H,28,29,30)(H,31,32,33)/t15-,20?,24+/m0/s1. The highest BCUT2D eigenvalue weighted by molar-refractivity contribution is 7.85. The van der Waals surface area contributed by atoms with Crippen molar-refractivity contribution >= 4 is 32.8 Å². The molecule has 12 heteroatoms. The zero-order valence-corrected chi connectivity index (χ0v) is 22.6. The van der Waals surface area contributed by atoms with Gasteiger partial charge in [-0.3, -0.25) is 14.1 Å². The summed E-state index contributed by atoms with van der Waals surface area (Å²) in [5.41, 5.74) is 0.745. The molecule has 1 unspecified atom stereocenters. The molecular weight excluding hydrogens is 510 g/mol. The second-order valence-corrected chi connectivity index (χ2v) is 13.4. The van der Waals surface area contributed by atoms with Crippen molar-refractivity contribution in [3.8, 4) is 17.2 Å². The molecule has 0 aromatic heterocycles. The van der Waals surface area contributed by atoms with Gasteiger partial charge in [0.15, 0.2) is 17.2 Å². The van der Waals surface area contributed by atoms with E-state index in [9.17, 15) is 31.6 Å². The van der Waals surface area contributed by atoms with Gasteiger partial charge in [-0.25, -0.2) is 0 Å². The number of allylic oxidation sites excluding steroid dienone is 1. The van der Waals surface area contributed by atoms with Crippen LogP contribution in [0.3, 0.4) is 0 Å². The first kappa shape index (κ1) is 28.4. The molecule has 1 aromatic carbocycles. The van der Waals surface area contributed by atoms with Gasteiger partial charge in [-0.2, -0.15) is 16.8 Å². The second kappa shape index (κ2) is 9.96. The van der Waals surface area contributed by atoms with E-state index in [1.165, 1.54) is 0 Å². The Kier molecular flexibility index (Phi) is 7.86. The Bertz CT molecular complexity index is 1280. The van der Waals surface area contributed by atoms with Crippen LogP contribution < -0.4 is 4.18 Å². The minimum Gasteiger partial charge on any atom is -0.504 e. The van der Waals surface area contributed by atoms with Crippen molar-refractivity contribution < 1.29 is 40.3 Å². The highest BCUT2D eigenvalue weighted by Gasteiger charge is 2.51. The van der Waals surface area contributed by atoms with Gasteiger partial charge in [0.25, 0.3) is 10.1 Å². The van der Waals surface area contributed by atoms with Gasteiger partial charge in [0.1, 0.15) is 0 Å². The number of hydrogen-bond donors (Lipinski definition) is 4. The Morgan fingerprint density at radius 2 is 1.78 bits per heavy atom. The molecule has 36 heavy (non-hydrogen) atoms. The molecule has 3 atom stereocenters. The van der Waals surface area contributed by atoms with Crippen LogP contribution in [0.15, 0.2) is 16.6 Å². The molecule has 2 aliphatic carbocycles. The van der Waals surface area contributed by atoms with E-state index < -0.39 is 50.1 Å². The summed E-state index contributed by atoms with van der Waals surface area (Å²) in [4.78, 5) is 3.81. The minimum absolute atomic E-state index is 0.113. The van der Waals surface area contributed by atoms with Crippen molar-refractivity contribution in [3.63, 3.8) is 0 Å². The normalized spacial score (nSPS) is 27.8. The van der Waals surface area contributed by atoms with Crippen LogP contribution in [0.25, 0.3) is 6.08 Å². The summed E-state index contributed by atoms with van der Waals surface area (Å²) in [6.45, 7) is 8.44. The quantitative estimate of drug-likeness (QED) is 0.222. The van der Waals surface area contributed by atoms with Gasteiger partial charge in [0.2, 0.25) is 0 Å². The molecular formula is C24H35NO9S2. The molecule has 1 aromatic rings. The molecule has 0 heterocycles. The lowest BCUT2D eigenvalue weighted by Crippen LogP contribution is -2.47. The minimum atomic E-state index is -5.04. The van der Waals surface area contributed by atoms with Gasteiger partial charge in [-0.1, -0.05) is 45.8 Å². The van der Waals surface area contributed by atoms with Crippen LogP contribution in [0.1, 0.15) is 70.9 Å². The Hall–Kier alpha value is -2.15. The fourth-order valence-electron chi connectivity index (χ4n) is 6.22. The number of phenols is 2. The van der Waals surface area contributed by atoms with Crippen LogP contribution in [0, 0.1) is 22.7 Å². The number of aliphatic imine (C=N–C) groups is 1. The number of hydrogen-bond acceptors (Lipinski definition) is 8. The van der Waals surface area contributed by atoms with Crippen molar-refractivity contribution in [2.45, 2.75) is 59.8 Å². The summed E-state index contributed by atoms with van der Waals surface area (Å²) >= 11 is 0. The van der Waals surface area contributed by atoms with E-state index in [4.69, 9.17) is 8.74 Å². The molecule has 202 valence electrons. The highest BCUT2D eigenvalue weighted by atomic mass is 32.3. The Morgan fingerprint density at radius 1 is 1.11 bits per heavy atom. The molecule has 2 aliphatic rings. The smallest absolute Gasteiger partial charge is 0.446 e. The number of nitrogens with zero attached hydrogens (tertiary/aromatic N) is 1. The Morgan fingerprint density at radius 3 is 2.39 bits per heavy atom. The molecule has 0 aliphatic heterocycles.